The van der Waals surface area contributed by atoms with Crippen molar-refractivity contribution in [2.45, 2.75) is 19.0 Å². The number of halogens is 5. The molecule has 0 atom stereocenters. The molecule has 0 unspecified atom stereocenters. The fourth-order valence-corrected chi connectivity index (χ4v) is 1.62. The van der Waals surface area contributed by atoms with Crippen LogP contribution in [-0.2, 0) is 6.42 Å². The first-order valence-electron chi connectivity index (χ1n) is 6.27. The van der Waals surface area contributed by atoms with Crippen LogP contribution in [-0.4, -0.2) is 32.3 Å². The van der Waals surface area contributed by atoms with Gasteiger partial charge in [0.1, 0.15) is 11.6 Å². The molecule has 0 aliphatic rings. The van der Waals surface area contributed by atoms with E-state index in [2.05, 4.69) is 15.6 Å². The first kappa shape index (κ1) is 17.2. The minimum atomic E-state index is -4.25. The first-order chi connectivity index (χ1) is 9.83. The van der Waals surface area contributed by atoms with Gasteiger partial charge in [-0.1, -0.05) is 6.07 Å². The van der Waals surface area contributed by atoms with Gasteiger partial charge in [-0.3, -0.25) is 4.99 Å². The van der Waals surface area contributed by atoms with Gasteiger partial charge in [-0.05, 0) is 18.6 Å². The van der Waals surface area contributed by atoms with Gasteiger partial charge in [0.25, 0.3) is 0 Å². The molecule has 0 aliphatic carbocycles. The van der Waals surface area contributed by atoms with Crippen LogP contribution in [0.3, 0.4) is 0 Å². The lowest BCUT2D eigenvalue weighted by molar-refractivity contribution is -0.132. The molecule has 21 heavy (non-hydrogen) atoms. The average molecular weight is 309 g/mol. The van der Waals surface area contributed by atoms with Crippen LogP contribution in [0.4, 0.5) is 22.0 Å². The van der Waals surface area contributed by atoms with E-state index in [0.29, 0.717) is 0 Å². The van der Waals surface area contributed by atoms with Crippen molar-refractivity contribution in [1.29, 1.82) is 0 Å². The summed E-state index contributed by atoms with van der Waals surface area (Å²) in [5.41, 5.74) is -0.0734. The zero-order chi connectivity index (χ0) is 15.9. The lowest BCUT2D eigenvalue weighted by Crippen LogP contribution is -2.39. The predicted octanol–water partition coefficient (Wildman–Crippen LogP) is 2.62. The van der Waals surface area contributed by atoms with Crippen molar-refractivity contribution in [1.82, 2.24) is 10.6 Å². The maximum absolute atomic E-state index is 13.4. The van der Waals surface area contributed by atoms with Crippen molar-refractivity contribution in [3.05, 3.63) is 35.4 Å². The second-order valence-corrected chi connectivity index (χ2v) is 4.24. The number of guanidine groups is 1. The zero-order valence-corrected chi connectivity index (χ0v) is 11.4. The van der Waals surface area contributed by atoms with Crippen molar-refractivity contribution < 1.29 is 22.0 Å². The molecule has 8 heteroatoms. The van der Waals surface area contributed by atoms with Gasteiger partial charge in [0, 0.05) is 25.7 Å². The summed E-state index contributed by atoms with van der Waals surface area (Å²) in [6.45, 7) is -0.180. The summed E-state index contributed by atoms with van der Waals surface area (Å²) in [6, 6.07) is 3.56. The van der Waals surface area contributed by atoms with E-state index in [1.165, 1.54) is 13.1 Å². The van der Waals surface area contributed by atoms with Crippen LogP contribution in [0.25, 0.3) is 0 Å². The van der Waals surface area contributed by atoms with E-state index in [4.69, 9.17) is 0 Å². The van der Waals surface area contributed by atoms with Crippen molar-refractivity contribution >= 4 is 5.96 Å². The molecule has 0 radical (unpaired) electrons. The number of rotatable bonds is 5. The van der Waals surface area contributed by atoms with Gasteiger partial charge < -0.3 is 10.6 Å². The van der Waals surface area contributed by atoms with E-state index < -0.39 is 24.2 Å². The molecule has 0 fully saturated rings. The maximum atomic E-state index is 13.4. The summed E-state index contributed by atoms with van der Waals surface area (Å²) in [6.07, 6.45) is -5.18. The Kier molecular flexibility index (Phi) is 6.39. The van der Waals surface area contributed by atoms with Gasteiger partial charge in [-0.2, -0.15) is 13.2 Å². The van der Waals surface area contributed by atoms with E-state index in [0.717, 1.165) is 12.1 Å². The number of nitrogens with one attached hydrogen (secondary N) is 2. The molecule has 1 aromatic rings. The molecule has 1 rings (SSSR count). The Morgan fingerprint density at radius 1 is 1.10 bits per heavy atom. The number of aliphatic imine (C=N–C) groups is 1. The normalized spacial score (nSPS) is 12.4. The van der Waals surface area contributed by atoms with Gasteiger partial charge in [0.15, 0.2) is 5.96 Å². The molecule has 0 saturated heterocycles. The highest BCUT2D eigenvalue weighted by Crippen LogP contribution is 2.18. The highest BCUT2D eigenvalue weighted by atomic mass is 19.4. The molecule has 0 bridgehead atoms. The minimum absolute atomic E-state index is 0.0540. The van der Waals surface area contributed by atoms with Crippen molar-refractivity contribution in [3.8, 4) is 0 Å². The highest BCUT2D eigenvalue weighted by Gasteiger charge is 2.26. The van der Waals surface area contributed by atoms with Gasteiger partial charge in [-0.25, -0.2) is 8.78 Å². The fourth-order valence-electron chi connectivity index (χ4n) is 1.62. The highest BCUT2D eigenvalue weighted by molar-refractivity contribution is 5.79. The van der Waals surface area contributed by atoms with Crippen LogP contribution in [0.2, 0.25) is 0 Å². The summed E-state index contributed by atoms with van der Waals surface area (Å²) in [5.74, 6) is -1.16. The lowest BCUT2D eigenvalue weighted by Gasteiger charge is -2.13. The van der Waals surface area contributed by atoms with Gasteiger partial charge in [0.05, 0.1) is 6.42 Å². The van der Waals surface area contributed by atoms with Crippen LogP contribution < -0.4 is 10.6 Å². The number of nitrogens with zero attached hydrogens (tertiary/aromatic N) is 1. The molecular weight excluding hydrogens is 293 g/mol. The molecule has 118 valence electrons. The van der Waals surface area contributed by atoms with Crippen LogP contribution in [0, 0.1) is 11.6 Å². The Morgan fingerprint density at radius 2 is 1.67 bits per heavy atom. The van der Waals surface area contributed by atoms with Crippen LogP contribution in [0.1, 0.15) is 12.0 Å². The van der Waals surface area contributed by atoms with Crippen LogP contribution in [0.15, 0.2) is 23.2 Å². The standard InChI is InChI=1S/C13H16F5N3/c1-19-12(21-8-6-13(16,17)18)20-7-5-9-10(14)3-2-4-11(9)15/h2-4H,5-8H2,1H3,(H2,19,20,21). The first-order valence-corrected chi connectivity index (χ1v) is 6.27. The third kappa shape index (κ3) is 6.42. The Morgan fingerprint density at radius 3 is 2.19 bits per heavy atom. The molecular formula is C13H16F5N3. The second-order valence-electron chi connectivity index (χ2n) is 4.24. The largest absolute Gasteiger partial charge is 0.390 e. The fraction of sp³-hybridized carbons (Fsp3) is 0.462. The lowest BCUT2D eigenvalue weighted by atomic mass is 10.1. The Labute approximate surface area is 119 Å². The third-order valence-corrected chi connectivity index (χ3v) is 2.65. The third-order valence-electron chi connectivity index (χ3n) is 2.65. The van der Waals surface area contributed by atoms with E-state index in [1.807, 2.05) is 0 Å². The van der Waals surface area contributed by atoms with E-state index in [1.54, 1.807) is 0 Å². The zero-order valence-electron chi connectivity index (χ0n) is 11.4. The molecule has 0 aliphatic heterocycles. The summed E-state index contributed by atoms with van der Waals surface area (Å²) >= 11 is 0. The summed E-state index contributed by atoms with van der Waals surface area (Å²) in [7, 11) is 1.40. The monoisotopic (exact) mass is 309 g/mol. The van der Waals surface area contributed by atoms with E-state index in [9.17, 15) is 22.0 Å². The van der Waals surface area contributed by atoms with Gasteiger partial charge in [-0.15, -0.1) is 0 Å². The number of benzene rings is 1. The van der Waals surface area contributed by atoms with Gasteiger partial charge >= 0.3 is 6.18 Å². The molecule has 3 nitrogen and oxygen atoms in total. The Hall–Kier alpha value is -1.86. The van der Waals surface area contributed by atoms with E-state index >= 15 is 0 Å². The summed E-state index contributed by atoms with van der Waals surface area (Å²) in [5, 5.41) is 5.17. The molecule has 1 aromatic carbocycles. The average Bonchev–Trinajstić information content (AvgIpc) is 2.38. The van der Waals surface area contributed by atoms with Crippen LogP contribution in [0.5, 0.6) is 0 Å². The van der Waals surface area contributed by atoms with Gasteiger partial charge in [0.2, 0.25) is 0 Å². The quantitative estimate of drug-likeness (QED) is 0.498. The molecule has 0 amide bonds. The molecule has 0 aromatic heterocycles. The topological polar surface area (TPSA) is 36.4 Å². The number of alkyl halides is 3. The maximum Gasteiger partial charge on any atom is 0.390 e. The second kappa shape index (κ2) is 7.80. The molecule has 0 spiro atoms. The Bertz CT molecular complexity index is 465. The van der Waals surface area contributed by atoms with E-state index in [-0.39, 0.29) is 31.0 Å². The summed E-state index contributed by atoms with van der Waals surface area (Å²) in [4.78, 5) is 3.72. The van der Waals surface area contributed by atoms with Crippen LogP contribution >= 0.6 is 0 Å². The van der Waals surface area contributed by atoms with Crippen molar-refractivity contribution in [2.75, 3.05) is 20.1 Å². The number of hydrogen-bond acceptors (Lipinski definition) is 1. The van der Waals surface area contributed by atoms with Crippen molar-refractivity contribution in [2.24, 2.45) is 4.99 Å². The minimum Gasteiger partial charge on any atom is -0.356 e. The summed E-state index contributed by atoms with van der Waals surface area (Å²) < 4.78 is 62.7. The SMILES string of the molecule is CN=C(NCCc1c(F)cccc1F)NCCC(F)(F)F. The smallest absolute Gasteiger partial charge is 0.356 e. The Balaban J connectivity index is 2.39. The molecule has 0 heterocycles. The van der Waals surface area contributed by atoms with Crippen molar-refractivity contribution in [3.63, 3.8) is 0 Å². The predicted molar refractivity (Wildman–Crippen MR) is 70.1 cm³/mol. The molecule has 0 saturated carbocycles. The molecule has 2 N–H and O–H groups in total. The number of hydrogen-bond donors (Lipinski definition) is 2.